The average Bonchev–Trinajstić information content (AvgIpc) is 2.67. The summed E-state index contributed by atoms with van der Waals surface area (Å²) in [5.41, 5.74) is 0.624. The third-order valence-corrected chi connectivity index (χ3v) is 5.00. The zero-order valence-electron chi connectivity index (χ0n) is 12.3. The molecule has 1 aromatic heterocycles. The van der Waals surface area contributed by atoms with Gasteiger partial charge in [-0.25, -0.2) is 13.1 Å². The van der Waals surface area contributed by atoms with Crippen LogP contribution in [0.5, 0.6) is 0 Å². The third-order valence-electron chi connectivity index (χ3n) is 3.61. The fourth-order valence-electron chi connectivity index (χ4n) is 1.51. The molecule has 5 nitrogen and oxygen atoms in total. The molecule has 1 unspecified atom stereocenters. The topological polar surface area (TPSA) is 71.3 Å². The van der Waals surface area contributed by atoms with Crippen molar-refractivity contribution < 1.29 is 13.5 Å². The summed E-state index contributed by atoms with van der Waals surface area (Å²) in [6.45, 7) is 8.49. The van der Waals surface area contributed by atoms with Crippen molar-refractivity contribution in [3.63, 3.8) is 0 Å². The van der Waals surface area contributed by atoms with Gasteiger partial charge < -0.3 is 9.67 Å². The molecule has 0 fully saturated rings. The van der Waals surface area contributed by atoms with E-state index in [0.29, 0.717) is 12.2 Å². The molecule has 0 amide bonds. The highest BCUT2D eigenvalue weighted by Crippen LogP contribution is 2.25. The Balaban J connectivity index is 2.81. The van der Waals surface area contributed by atoms with Crippen molar-refractivity contribution in [1.82, 2.24) is 9.29 Å². The molecule has 19 heavy (non-hydrogen) atoms. The smallest absolute Gasteiger partial charge is 0.242 e. The Labute approximate surface area is 115 Å². The summed E-state index contributed by atoms with van der Waals surface area (Å²) in [6.07, 6.45) is 1.51. The molecule has 0 aromatic carbocycles. The first kappa shape index (κ1) is 16.2. The predicted octanol–water partition coefficient (Wildman–Crippen LogP) is 1.48. The second kappa shape index (κ2) is 5.64. The van der Waals surface area contributed by atoms with Crippen LogP contribution in [0.2, 0.25) is 0 Å². The number of sulfonamides is 1. The molecule has 0 aliphatic rings. The van der Waals surface area contributed by atoms with Crippen LogP contribution >= 0.6 is 0 Å². The number of aliphatic hydroxyl groups is 1. The van der Waals surface area contributed by atoms with E-state index in [0.717, 1.165) is 0 Å². The van der Waals surface area contributed by atoms with Crippen molar-refractivity contribution >= 4 is 10.0 Å². The van der Waals surface area contributed by atoms with Gasteiger partial charge in [-0.2, -0.15) is 0 Å². The molecule has 0 bridgehead atoms. The van der Waals surface area contributed by atoms with Crippen molar-refractivity contribution in [2.24, 2.45) is 18.4 Å². The summed E-state index contributed by atoms with van der Waals surface area (Å²) in [5.74, 6) is 0.225. The highest BCUT2D eigenvalue weighted by molar-refractivity contribution is 7.89. The molecule has 1 aromatic rings. The monoisotopic (exact) mass is 288 g/mol. The Hall–Kier alpha value is -0.850. The average molecular weight is 288 g/mol. The molecule has 0 aliphatic carbocycles. The van der Waals surface area contributed by atoms with Gasteiger partial charge in [-0.15, -0.1) is 0 Å². The molecular formula is C13H24N2O3S. The molecule has 110 valence electrons. The quantitative estimate of drug-likeness (QED) is 0.862. The minimum absolute atomic E-state index is 0.0511. The minimum atomic E-state index is -3.51. The Morgan fingerprint density at radius 1 is 1.42 bits per heavy atom. The van der Waals surface area contributed by atoms with Gasteiger partial charge in [-0.1, -0.05) is 27.7 Å². The van der Waals surface area contributed by atoms with Gasteiger partial charge in [0.05, 0.1) is 11.5 Å². The van der Waals surface area contributed by atoms with Crippen LogP contribution < -0.4 is 4.72 Å². The summed E-state index contributed by atoms with van der Waals surface area (Å²) in [5, 5.41) is 9.09. The molecule has 1 heterocycles. The lowest BCUT2D eigenvalue weighted by Crippen LogP contribution is -2.33. The zero-order chi connectivity index (χ0) is 14.8. The number of aromatic nitrogens is 1. The van der Waals surface area contributed by atoms with E-state index >= 15 is 0 Å². The maximum atomic E-state index is 12.1. The standard InChI is InChI=1S/C13H24N2O3S/c1-10(13(2,3)4)7-14-19(17,18)12-6-11(9-16)15(5)8-12/h6,8,10,14,16H,7,9H2,1-5H3. The van der Waals surface area contributed by atoms with Gasteiger partial charge in [0.2, 0.25) is 10.0 Å². The first-order valence-corrected chi connectivity index (χ1v) is 7.82. The predicted molar refractivity (Wildman–Crippen MR) is 75.1 cm³/mol. The number of hydrogen-bond donors (Lipinski definition) is 2. The Kier molecular flexibility index (Phi) is 4.81. The second-order valence-corrected chi connectivity index (χ2v) is 7.82. The van der Waals surface area contributed by atoms with Crippen molar-refractivity contribution in [1.29, 1.82) is 0 Å². The second-order valence-electron chi connectivity index (χ2n) is 6.06. The van der Waals surface area contributed by atoms with Crippen LogP contribution in [-0.2, 0) is 23.7 Å². The van der Waals surface area contributed by atoms with Crippen molar-refractivity contribution in [3.8, 4) is 0 Å². The lowest BCUT2D eigenvalue weighted by atomic mass is 9.82. The normalized spacial score (nSPS) is 14.6. The molecule has 0 aliphatic heterocycles. The Morgan fingerprint density at radius 2 is 2.00 bits per heavy atom. The third kappa shape index (κ3) is 4.06. The fraction of sp³-hybridized carbons (Fsp3) is 0.692. The molecular weight excluding hydrogens is 264 g/mol. The molecule has 1 atom stereocenters. The number of nitrogens with zero attached hydrogens (tertiary/aromatic N) is 1. The largest absolute Gasteiger partial charge is 0.390 e. The van der Waals surface area contributed by atoms with Gasteiger partial charge in [-0.3, -0.25) is 0 Å². The minimum Gasteiger partial charge on any atom is -0.390 e. The van der Waals surface area contributed by atoms with Gasteiger partial charge in [-0.05, 0) is 17.4 Å². The lowest BCUT2D eigenvalue weighted by Gasteiger charge is -2.27. The first-order chi connectivity index (χ1) is 8.58. The van der Waals surface area contributed by atoms with E-state index in [1.54, 1.807) is 11.6 Å². The number of aliphatic hydroxyl groups excluding tert-OH is 1. The van der Waals surface area contributed by atoms with Crippen LogP contribution in [0.15, 0.2) is 17.2 Å². The van der Waals surface area contributed by atoms with E-state index in [-0.39, 0.29) is 22.8 Å². The number of hydrogen-bond acceptors (Lipinski definition) is 3. The summed E-state index contributed by atoms with van der Waals surface area (Å²) in [4.78, 5) is 0.195. The number of rotatable bonds is 5. The maximum absolute atomic E-state index is 12.1. The first-order valence-electron chi connectivity index (χ1n) is 6.33. The highest BCUT2D eigenvalue weighted by atomic mass is 32.2. The van der Waals surface area contributed by atoms with E-state index in [9.17, 15) is 8.42 Å². The van der Waals surface area contributed by atoms with Gasteiger partial charge in [0.25, 0.3) is 0 Å². The molecule has 0 spiro atoms. The van der Waals surface area contributed by atoms with Gasteiger partial charge in [0.1, 0.15) is 0 Å². The van der Waals surface area contributed by atoms with E-state index < -0.39 is 10.0 Å². The Bertz CT molecular complexity index is 527. The SMILES string of the molecule is CC(CNS(=O)(=O)c1cc(CO)n(C)c1)C(C)(C)C. The Morgan fingerprint density at radius 3 is 2.42 bits per heavy atom. The van der Waals surface area contributed by atoms with Crippen LogP contribution in [0.3, 0.4) is 0 Å². The van der Waals surface area contributed by atoms with E-state index in [4.69, 9.17) is 5.11 Å². The zero-order valence-corrected chi connectivity index (χ0v) is 13.1. The maximum Gasteiger partial charge on any atom is 0.242 e. The van der Waals surface area contributed by atoms with Crippen LogP contribution in [0.25, 0.3) is 0 Å². The molecule has 6 heteroatoms. The van der Waals surface area contributed by atoms with Crippen LogP contribution in [0.1, 0.15) is 33.4 Å². The number of nitrogens with one attached hydrogen (secondary N) is 1. The van der Waals surface area contributed by atoms with Gasteiger partial charge >= 0.3 is 0 Å². The van der Waals surface area contributed by atoms with Crippen molar-refractivity contribution in [3.05, 3.63) is 18.0 Å². The molecule has 0 radical (unpaired) electrons. The van der Waals surface area contributed by atoms with Gasteiger partial charge in [0, 0.05) is 25.5 Å². The summed E-state index contributed by atoms with van der Waals surface area (Å²) >= 11 is 0. The van der Waals surface area contributed by atoms with Crippen LogP contribution in [0, 0.1) is 11.3 Å². The number of aryl methyl sites for hydroxylation is 1. The van der Waals surface area contributed by atoms with E-state index in [1.165, 1.54) is 12.3 Å². The van der Waals surface area contributed by atoms with E-state index in [2.05, 4.69) is 25.5 Å². The summed E-state index contributed by atoms with van der Waals surface area (Å²) in [6, 6.07) is 1.49. The molecule has 0 saturated carbocycles. The summed E-state index contributed by atoms with van der Waals surface area (Å²) < 4.78 is 28.5. The lowest BCUT2D eigenvalue weighted by molar-refractivity contribution is 0.263. The summed E-state index contributed by atoms with van der Waals surface area (Å²) in [7, 11) is -1.80. The van der Waals surface area contributed by atoms with Crippen molar-refractivity contribution in [2.45, 2.75) is 39.2 Å². The molecule has 2 N–H and O–H groups in total. The van der Waals surface area contributed by atoms with Crippen molar-refractivity contribution in [2.75, 3.05) is 6.54 Å². The van der Waals surface area contributed by atoms with E-state index in [1.807, 2.05) is 6.92 Å². The fourth-order valence-corrected chi connectivity index (χ4v) is 2.73. The van der Waals surface area contributed by atoms with Gasteiger partial charge in [0.15, 0.2) is 0 Å². The van der Waals surface area contributed by atoms with Crippen LogP contribution in [-0.4, -0.2) is 24.6 Å². The molecule has 1 rings (SSSR count). The molecule has 0 saturated heterocycles. The highest BCUT2D eigenvalue weighted by Gasteiger charge is 2.23. The van der Waals surface area contributed by atoms with Crippen LogP contribution in [0.4, 0.5) is 0 Å².